The number of nitriles is 1. The summed E-state index contributed by atoms with van der Waals surface area (Å²) in [5.74, 6) is -0.0504. The molecule has 0 amide bonds. The summed E-state index contributed by atoms with van der Waals surface area (Å²) in [7, 11) is 0. The maximum atomic E-state index is 9.72. The van der Waals surface area contributed by atoms with Gasteiger partial charge in [0.05, 0.1) is 27.7 Å². The molecule has 4 rings (SSSR count). The predicted molar refractivity (Wildman–Crippen MR) is 109 cm³/mol. The normalized spacial score (nSPS) is 15.5. The maximum absolute atomic E-state index is 9.72. The summed E-state index contributed by atoms with van der Waals surface area (Å²) in [4.78, 5) is 3.81. The van der Waals surface area contributed by atoms with Crippen molar-refractivity contribution in [2.24, 2.45) is 10.8 Å². The van der Waals surface area contributed by atoms with Gasteiger partial charge in [-0.05, 0) is 51.2 Å². The van der Waals surface area contributed by atoms with E-state index in [-0.39, 0.29) is 5.88 Å². The van der Waals surface area contributed by atoms with Crippen LogP contribution in [0.25, 0.3) is 21.0 Å². The van der Waals surface area contributed by atoms with Crippen molar-refractivity contribution in [3.8, 4) is 22.5 Å². The molecule has 0 fully saturated rings. The molecule has 3 heterocycles. The molecule has 3 N–H and O–H groups in total. The largest absolute Gasteiger partial charge is 0.420 e. The molecule has 1 atom stereocenters. The number of nitrogens with one attached hydrogen (secondary N) is 1. The van der Waals surface area contributed by atoms with Crippen molar-refractivity contribution >= 4 is 39.6 Å². The number of fused-ring (bicyclic) bond motifs is 1. The highest BCUT2D eigenvalue weighted by Gasteiger charge is 2.36. The monoisotopic (exact) mass is 487 g/mol. The van der Waals surface area contributed by atoms with E-state index in [4.69, 9.17) is 16.0 Å². The quantitative estimate of drug-likeness (QED) is 0.235. The van der Waals surface area contributed by atoms with E-state index in [1.54, 1.807) is 17.4 Å². The number of allylic oxidation sites excluding steroid dienone is 1. The summed E-state index contributed by atoms with van der Waals surface area (Å²) in [6.45, 7) is 0. The molecular formula is C17H10IN7OS. The van der Waals surface area contributed by atoms with E-state index in [0.29, 0.717) is 17.1 Å². The van der Waals surface area contributed by atoms with Crippen molar-refractivity contribution in [1.29, 1.82) is 5.26 Å². The summed E-state index contributed by atoms with van der Waals surface area (Å²) in [6.07, 6.45) is 0. The number of hydrogen-bond acceptors (Lipinski definition) is 6. The lowest BCUT2D eigenvalue weighted by Crippen LogP contribution is -2.21. The Bertz CT molecular complexity index is 1150. The Morgan fingerprint density at radius 3 is 2.96 bits per heavy atom. The van der Waals surface area contributed by atoms with E-state index in [9.17, 15) is 5.26 Å². The van der Waals surface area contributed by atoms with Gasteiger partial charge < -0.3 is 10.5 Å². The molecule has 8 nitrogen and oxygen atoms in total. The number of ether oxygens (including phenoxy) is 1. The van der Waals surface area contributed by atoms with Crippen molar-refractivity contribution in [2.75, 3.05) is 0 Å². The molecule has 0 saturated heterocycles. The van der Waals surface area contributed by atoms with E-state index in [2.05, 4.69) is 48.9 Å². The molecule has 1 unspecified atom stereocenters. The van der Waals surface area contributed by atoms with Gasteiger partial charge in [0.1, 0.15) is 11.6 Å². The zero-order valence-corrected chi connectivity index (χ0v) is 16.5. The molecular weight excluding hydrogens is 477 g/mol. The third-order valence-electron chi connectivity index (χ3n) is 4.16. The molecule has 0 spiro atoms. The molecule has 3 aromatic rings. The molecule has 1 aromatic carbocycles. The summed E-state index contributed by atoms with van der Waals surface area (Å²) in [6, 6.07) is 11.5. The number of azide groups is 1. The summed E-state index contributed by atoms with van der Waals surface area (Å²) >= 11 is 3.66. The number of H-pyrrole nitrogens is 1. The average molecular weight is 487 g/mol. The van der Waals surface area contributed by atoms with Crippen LogP contribution in [0, 0.1) is 14.9 Å². The number of nitrogens with zero attached hydrogens (tertiary/aromatic N) is 5. The summed E-state index contributed by atoms with van der Waals surface area (Å²) in [5.41, 5.74) is 17.9. The van der Waals surface area contributed by atoms with Gasteiger partial charge in [-0.25, -0.2) is 0 Å². The van der Waals surface area contributed by atoms with E-state index in [1.165, 1.54) is 0 Å². The Labute approximate surface area is 171 Å². The molecule has 0 radical (unpaired) electrons. The Balaban J connectivity index is 1.94. The van der Waals surface area contributed by atoms with E-state index in [1.807, 2.05) is 29.6 Å². The fraction of sp³-hybridized carbons (Fsp3) is 0.0588. The van der Waals surface area contributed by atoms with Gasteiger partial charge in [-0.15, -0.1) is 16.4 Å². The maximum Gasteiger partial charge on any atom is 0.244 e. The number of hydrogen-bond donors (Lipinski definition) is 2. The molecule has 132 valence electrons. The third kappa shape index (κ3) is 2.91. The number of aromatic amines is 1. The molecule has 1 aliphatic rings. The second-order valence-corrected chi connectivity index (χ2v) is 7.73. The number of thiophene rings is 1. The van der Waals surface area contributed by atoms with Gasteiger partial charge in [0, 0.05) is 8.48 Å². The Morgan fingerprint density at radius 1 is 1.44 bits per heavy atom. The van der Waals surface area contributed by atoms with Gasteiger partial charge in [0.2, 0.25) is 11.8 Å². The fourth-order valence-electron chi connectivity index (χ4n) is 3.02. The number of halogens is 1. The molecule has 0 saturated carbocycles. The van der Waals surface area contributed by atoms with Crippen LogP contribution in [0.5, 0.6) is 5.88 Å². The molecule has 10 heteroatoms. The highest BCUT2D eigenvalue weighted by atomic mass is 127. The third-order valence-corrected chi connectivity index (χ3v) is 5.92. The first kappa shape index (κ1) is 17.4. The first-order valence-corrected chi connectivity index (χ1v) is 9.64. The second kappa shape index (κ2) is 6.96. The molecule has 27 heavy (non-hydrogen) atoms. The van der Waals surface area contributed by atoms with E-state index in [0.717, 1.165) is 25.3 Å². The molecule has 0 bridgehead atoms. The number of benzene rings is 1. The van der Waals surface area contributed by atoms with E-state index >= 15 is 0 Å². The zero-order valence-electron chi connectivity index (χ0n) is 13.5. The van der Waals surface area contributed by atoms with Crippen LogP contribution < -0.4 is 10.5 Å². The highest BCUT2D eigenvalue weighted by Crippen LogP contribution is 2.46. The van der Waals surface area contributed by atoms with Crippen LogP contribution >= 0.6 is 33.9 Å². The van der Waals surface area contributed by atoms with Crippen molar-refractivity contribution in [1.82, 2.24) is 10.2 Å². The molecule has 1 aliphatic heterocycles. The van der Waals surface area contributed by atoms with Gasteiger partial charge >= 0.3 is 0 Å². The van der Waals surface area contributed by atoms with Crippen LogP contribution in [0.2, 0.25) is 0 Å². The van der Waals surface area contributed by atoms with Crippen molar-refractivity contribution in [3.05, 3.63) is 72.3 Å². The van der Waals surface area contributed by atoms with Crippen LogP contribution in [0.1, 0.15) is 17.0 Å². The van der Waals surface area contributed by atoms with Gasteiger partial charge in [-0.3, -0.25) is 5.10 Å². The van der Waals surface area contributed by atoms with Crippen LogP contribution in [-0.2, 0) is 0 Å². The van der Waals surface area contributed by atoms with Gasteiger partial charge in [0.25, 0.3) is 0 Å². The van der Waals surface area contributed by atoms with Crippen LogP contribution in [0.3, 0.4) is 0 Å². The topological polar surface area (TPSA) is 136 Å². The first-order chi connectivity index (χ1) is 13.1. The Kier molecular flexibility index (Phi) is 4.49. The highest BCUT2D eigenvalue weighted by molar-refractivity contribution is 14.1. The smallest absolute Gasteiger partial charge is 0.244 e. The number of rotatable bonds is 3. The molecule has 0 aliphatic carbocycles. The number of aromatic nitrogens is 2. The second-order valence-electron chi connectivity index (χ2n) is 5.62. The average Bonchev–Trinajstić information content (AvgIpc) is 3.31. The van der Waals surface area contributed by atoms with E-state index < -0.39 is 5.92 Å². The van der Waals surface area contributed by atoms with Crippen LogP contribution in [0.4, 0.5) is 5.69 Å². The first-order valence-electron chi connectivity index (χ1n) is 7.68. The van der Waals surface area contributed by atoms with Crippen molar-refractivity contribution in [2.45, 2.75) is 5.92 Å². The minimum absolute atomic E-state index is 0.0355. The zero-order chi connectivity index (χ0) is 19.0. The van der Waals surface area contributed by atoms with Gasteiger partial charge in [0.15, 0.2) is 0 Å². The van der Waals surface area contributed by atoms with Gasteiger partial charge in [-0.2, -0.15) is 5.26 Å². The molecule has 2 aromatic heterocycles. The predicted octanol–water partition coefficient (Wildman–Crippen LogP) is 4.90. The fourth-order valence-corrected chi connectivity index (χ4v) is 4.40. The summed E-state index contributed by atoms with van der Waals surface area (Å²) < 4.78 is 6.36. The number of nitrogens with two attached hydrogens (primary N) is 1. The standard InChI is InChI=1S/C17H10IN7OS/c18-10-6-8(3-4-11(10)22-25-21)13-9(7-19)16(20)26-17-14(13)15(23-24-17)12-2-1-5-27-12/h1-6,13H,20H2,(H,23,24). The Hall–Kier alpha value is -3.00. The lowest BCUT2D eigenvalue weighted by atomic mass is 9.84. The minimum atomic E-state index is -0.441. The Morgan fingerprint density at radius 2 is 2.30 bits per heavy atom. The summed E-state index contributed by atoms with van der Waals surface area (Å²) in [5, 5.41) is 22.6. The lowest BCUT2D eigenvalue weighted by Gasteiger charge is -2.24. The van der Waals surface area contributed by atoms with Crippen LogP contribution in [-0.4, -0.2) is 10.2 Å². The minimum Gasteiger partial charge on any atom is -0.420 e. The van der Waals surface area contributed by atoms with Gasteiger partial charge in [-0.1, -0.05) is 23.3 Å². The van der Waals surface area contributed by atoms with Crippen molar-refractivity contribution < 1.29 is 4.74 Å². The SMILES string of the molecule is N#CC1=C(N)Oc2n[nH]c(-c3cccs3)c2C1c1ccc(N=[N+]=[N-])c(I)c1. The van der Waals surface area contributed by atoms with Crippen LogP contribution in [0.15, 0.2) is 52.3 Å². The van der Waals surface area contributed by atoms with Crippen molar-refractivity contribution in [3.63, 3.8) is 0 Å². The lowest BCUT2D eigenvalue weighted by molar-refractivity contribution is 0.379.